The molecule has 0 unspecified atom stereocenters. The van der Waals surface area contributed by atoms with Gasteiger partial charge in [-0.1, -0.05) is 12.1 Å². The third-order valence-corrected chi connectivity index (χ3v) is 3.52. The maximum Gasteiger partial charge on any atom is 0.152 e. The molecule has 1 heterocycles. The number of nitrogens with zero attached hydrogens (tertiary/aromatic N) is 2. The molecule has 0 saturated carbocycles. The van der Waals surface area contributed by atoms with Crippen molar-refractivity contribution < 1.29 is 13.5 Å². The zero-order chi connectivity index (χ0) is 16.2. The Hall–Kier alpha value is -2.76. The van der Waals surface area contributed by atoms with Crippen LogP contribution < -0.4 is 10.1 Å². The van der Waals surface area contributed by atoms with Gasteiger partial charge in [-0.15, -0.1) is 0 Å². The highest BCUT2D eigenvalue weighted by molar-refractivity contribution is 5.89. The molecule has 3 aromatic rings. The zero-order valence-corrected chi connectivity index (χ0v) is 12.5. The number of aromatic nitrogens is 2. The van der Waals surface area contributed by atoms with Crippen LogP contribution in [0.5, 0.6) is 5.75 Å². The van der Waals surface area contributed by atoms with Crippen LogP contribution in [-0.4, -0.2) is 23.6 Å². The quantitative estimate of drug-likeness (QED) is 0.782. The van der Waals surface area contributed by atoms with Crippen LogP contribution in [0, 0.1) is 11.6 Å². The van der Waals surface area contributed by atoms with Gasteiger partial charge in [-0.2, -0.15) is 0 Å². The molecule has 0 spiro atoms. The summed E-state index contributed by atoms with van der Waals surface area (Å²) in [4.78, 5) is 7.93. The average molecular weight is 315 g/mol. The van der Waals surface area contributed by atoms with Crippen molar-refractivity contribution in [2.75, 3.05) is 19.0 Å². The SMILES string of the molecule is COc1ccc(CCNc2ncnc3c(F)cc(F)cc23)cc1. The van der Waals surface area contributed by atoms with Crippen molar-refractivity contribution in [3.63, 3.8) is 0 Å². The number of nitrogens with one attached hydrogen (secondary N) is 1. The average Bonchev–Trinajstić information content (AvgIpc) is 2.56. The molecule has 1 N–H and O–H groups in total. The number of ether oxygens (including phenoxy) is 1. The second-order valence-corrected chi connectivity index (χ2v) is 5.03. The Morgan fingerprint density at radius 3 is 2.61 bits per heavy atom. The third kappa shape index (κ3) is 3.36. The van der Waals surface area contributed by atoms with E-state index >= 15 is 0 Å². The molecule has 0 aliphatic rings. The minimum atomic E-state index is -0.694. The predicted octanol–water partition coefficient (Wildman–Crippen LogP) is 3.57. The normalized spacial score (nSPS) is 10.7. The van der Waals surface area contributed by atoms with Crippen molar-refractivity contribution in [3.8, 4) is 5.75 Å². The lowest BCUT2D eigenvalue weighted by Gasteiger charge is -2.09. The molecule has 0 saturated heterocycles. The molecule has 0 aliphatic carbocycles. The second kappa shape index (κ2) is 6.56. The van der Waals surface area contributed by atoms with Crippen LogP contribution in [0.2, 0.25) is 0 Å². The highest BCUT2D eigenvalue weighted by Gasteiger charge is 2.10. The summed E-state index contributed by atoms with van der Waals surface area (Å²) in [5.41, 5.74) is 1.22. The van der Waals surface area contributed by atoms with Crippen LogP contribution in [0.15, 0.2) is 42.7 Å². The second-order valence-electron chi connectivity index (χ2n) is 5.03. The van der Waals surface area contributed by atoms with E-state index in [0.29, 0.717) is 17.7 Å². The van der Waals surface area contributed by atoms with Gasteiger partial charge in [-0.3, -0.25) is 0 Å². The van der Waals surface area contributed by atoms with Crippen LogP contribution in [0.25, 0.3) is 10.9 Å². The third-order valence-electron chi connectivity index (χ3n) is 3.52. The van der Waals surface area contributed by atoms with Gasteiger partial charge in [0.15, 0.2) is 5.82 Å². The lowest BCUT2D eigenvalue weighted by Crippen LogP contribution is -2.07. The molecule has 3 rings (SSSR count). The number of methoxy groups -OCH3 is 1. The Bertz CT molecular complexity index is 822. The van der Waals surface area contributed by atoms with E-state index in [2.05, 4.69) is 15.3 Å². The molecular formula is C17H15F2N3O. The fraction of sp³-hybridized carbons (Fsp3) is 0.176. The van der Waals surface area contributed by atoms with Gasteiger partial charge in [0.1, 0.15) is 29.2 Å². The fourth-order valence-corrected chi connectivity index (χ4v) is 2.35. The first-order chi connectivity index (χ1) is 11.2. The van der Waals surface area contributed by atoms with Crippen LogP contribution >= 0.6 is 0 Å². The molecule has 0 radical (unpaired) electrons. The number of halogens is 2. The molecule has 118 valence electrons. The molecule has 2 aromatic carbocycles. The van der Waals surface area contributed by atoms with Crippen LogP contribution in [0.1, 0.15) is 5.56 Å². The molecule has 0 atom stereocenters. The van der Waals surface area contributed by atoms with E-state index in [1.54, 1.807) is 7.11 Å². The molecule has 1 aromatic heterocycles. The summed E-state index contributed by atoms with van der Waals surface area (Å²) in [6, 6.07) is 9.76. The summed E-state index contributed by atoms with van der Waals surface area (Å²) in [6.45, 7) is 0.580. The van der Waals surface area contributed by atoms with Crippen molar-refractivity contribution in [2.45, 2.75) is 6.42 Å². The summed E-state index contributed by atoms with van der Waals surface area (Å²) in [7, 11) is 1.62. The first kappa shape index (κ1) is 15.1. The number of benzene rings is 2. The lowest BCUT2D eigenvalue weighted by molar-refractivity contribution is 0.414. The number of anilines is 1. The maximum atomic E-state index is 13.7. The molecule has 4 nitrogen and oxygen atoms in total. The van der Waals surface area contributed by atoms with Gasteiger partial charge in [-0.25, -0.2) is 18.7 Å². The van der Waals surface area contributed by atoms with Gasteiger partial charge in [0.2, 0.25) is 0 Å². The summed E-state index contributed by atoms with van der Waals surface area (Å²) >= 11 is 0. The minimum absolute atomic E-state index is 0.105. The fourth-order valence-electron chi connectivity index (χ4n) is 2.35. The smallest absolute Gasteiger partial charge is 0.152 e. The topological polar surface area (TPSA) is 47.0 Å². The Balaban J connectivity index is 1.74. The number of hydrogen-bond donors (Lipinski definition) is 1. The van der Waals surface area contributed by atoms with E-state index < -0.39 is 11.6 Å². The van der Waals surface area contributed by atoms with E-state index in [-0.39, 0.29) is 5.52 Å². The van der Waals surface area contributed by atoms with Crippen molar-refractivity contribution in [3.05, 3.63) is 59.9 Å². The highest BCUT2D eigenvalue weighted by atomic mass is 19.1. The van der Waals surface area contributed by atoms with E-state index in [1.165, 1.54) is 12.4 Å². The molecule has 0 amide bonds. The monoisotopic (exact) mass is 315 g/mol. The van der Waals surface area contributed by atoms with Crippen molar-refractivity contribution in [1.29, 1.82) is 0 Å². The van der Waals surface area contributed by atoms with Gasteiger partial charge in [0.25, 0.3) is 0 Å². The van der Waals surface area contributed by atoms with Crippen LogP contribution in [0.3, 0.4) is 0 Å². The van der Waals surface area contributed by atoms with Gasteiger partial charge in [0.05, 0.1) is 7.11 Å². The number of rotatable bonds is 5. The summed E-state index contributed by atoms with van der Waals surface area (Å²) in [5, 5.41) is 3.44. The van der Waals surface area contributed by atoms with Crippen molar-refractivity contribution in [2.24, 2.45) is 0 Å². The molecular weight excluding hydrogens is 300 g/mol. The standard InChI is InChI=1S/C17H15F2N3O/c1-23-13-4-2-11(3-5-13)6-7-20-17-14-8-12(18)9-15(19)16(14)21-10-22-17/h2-5,8-10H,6-7H2,1H3,(H,20,21,22). The molecule has 0 fully saturated rings. The highest BCUT2D eigenvalue weighted by Crippen LogP contribution is 2.23. The molecule has 6 heteroatoms. The zero-order valence-electron chi connectivity index (χ0n) is 12.5. The van der Waals surface area contributed by atoms with Gasteiger partial charge >= 0.3 is 0 Å². The van der Waals surface area contributed by atoms with E-state index in [4.69, 9.17) is 4.74 Å². The number of fused-ring (bicyclic) bond motifs is 1. The Morgan fingerprint density at radius 2 is 1.87 bits per heavy atom. The Morgan fingerprint density at radius 1 is 1.09 bits per heavy atom. The molecule has 0 bridgehead atoms. The summed E-state index contributed by atoms with van der Waals surface area (Å²) < 4.78 is 32.2. The van der Waals surface area contributed by atoms with Gasteiger partial charge < -0.3 is 10.1 Å². The first-order valence-corrected chi connectivity index (χ1v) is 7.14. The van der Waals surface area contributed by atoms with Crippen molar-refractivity contribution >= 4 is 16.7 Å². The van der Waals surface area contributed by atoms with Crippen LogP contribution in [0.4, 0.5) is 14.6 Å². The Labute approximate surface area is 132 Å². The Kier molecular flexibility index (Phi) is 4.32. The summed E-state index contributed by atoms with van der Waals surface area (Å²) in [6.07, 6.45) is 2.01. The molecule has 23 heavy (non-hydrogen) atoms. The van der Waals surface area contributed by atoms with E-state index in [9.17, 15) is 8.78 Å². The van der Waals surface area contributed by atoms with Gasteiger partial charge in [0, 0.05) is 18.0 Å². The largest absolute Gasteiger partial charge is 0.497 e. The minimum Gasteiger partial charge on any atom is -0.497 e. The van der Waals surface area contributed by atoms with Crippen LogP contribution in [-0.2, 0) is 6.42 Å². The van der Waals surface area contributed by atoms with Gasteiger partial charge in [-0.05, 0) is 30.2 Å². The lowest BCUT2D eigenvalue weighted by atomic mass is 10.1. The summed E-state index contributed by atoms with van der Waals surface area (Å²) in [5.74, 6) is -0.125. The van der Waals surface area contributed by atoms with E-state index in [0.717, 1.165) is 23.8 Å². The maximum absolute atomic E-state index is 13.7. The number of hydrogen-bond acceptors (Lipinski definition) is 4. The predicted molar refractivity (Wildman–Crippen MR) is 84.6 cm³/mol. The molecule has 0 aliphatic heterocycles. The van der Waals surface area contributed by atoms with E-state index in [1.807, 2.05) is 24.3 Å². The van der Waals surface area contributed by atoms with Crippen molar-refractivity contribution in [1.82, 2.24) is 9.97 Å². The first-order valence-electron chi connectivity index (χ1n) is 7.14.